The number of benzene rings is 1. The Labute approximate surface area is 104 Å². The van der Waals surface area contributed by atoms with Gasteiger partial charge >= 0.3 is 0 Å². The molecule has 0 saturated carbocycles. The first-order chi connectivity index (χ1) is 7.58. The third-order valence-corrected chi connectivity index (χ3v) is 2.83. The minimum absolute atomic E-state index is 0.577. The highest BCUT2D eigenvalue weighted by Gasteiger charge is 2.08. The molecule has 3 nitrogen and oxygen atoms in total. The Kier molecular flexibility index (Phi) is 3.08. The van der Waals surface area contributed by atoms with Gasteiger partial charge in [-0.05, 0) is 19.1 Å². The number of rotatable bonds is 2. The first kappa shape index (κ1) is 11.3. The van der Waals surface area contributed by atoms with Crippen molar-refractivity contribution in [3.63, 3.8) is 0 Å². The fraction of sp³-hybridized carbons (Fsp3) is 0.182. The lowest BCUT2D eigenvalue weighted by atomic mass is 10.3. The normalized spacial score (nSPS) is 10.5. The van der Waals surface area contributed by atoms with Crippen LogP contribution in [0.15, 0.2) is 24.4 Å². The van der Waals surface area contributed by atoms with E-state index in [-0.39, 0.29) is 0 Å². The van der Waals surface area contributed by atoms with Crippen molar-refractivity contribution in [3.8, 4) is 0 Å². The van der Waals surface area contributed by atoms with Crippen LogP contribution in [0.25, 0.3) is 0 Å². The first-order valence-corrected chi connectivity index (χ1v) is 5.54. The van der Waals surface area contributed by atoms with Crippen LogP contribution in [-0.2, 0) is 7.05 Å². The van der Waals surface area contributed by atoms with E-state index in [0.717, 1.165) is 5.69 Å². The van der Waals surface area contributed by atoms with Gasteiger partial charge in [0.2, 0.25) is 5.95 Å². The second kappa shape index (κ2) is 4.36. The second-order valence-electron chi connectivity index (χ2n) is 3.54. The van der Waals surface area contributed by atoms with E-state index in [4.69, 9.17) is 23.2 Å². The van der Waals surface area contributed by atoms with E-state index in [9.17, 15) is 0 Å². The number of anilines is 2. The Hall–Kier alpha value is -1.19. The minimum Gasteiger partial charge on any atom is -0.323 e. The summed E-state index contributed by atoms with van der Waals surface area (Å²) in [5.41, 5.74) is 1.62. The van der Waals surface area contributed by atoms with Crippen molar-refractivity contribution in [3.05, 3.63) is 40.1 Å². The third kappa shape index (κ3) is 2.15. The number of hydrogen-bond donors (Lipinski definition) is 1. The van der Waals surface area contributed by atoms with Crippen molar-refractivity contribution >= 4 is 34.8 Å². The van der Waals surface area contributed by atoms with E-state index in [1.807, 2.05) is 24.7 Å². The van der Waals surface area contributed by atoms with Gasteiger partial charge in [-0.2, -0.15) is 0 Å². The summed E-state index contributed by atoms with van der Waals surface area (Å²) in [6.45, 7) is 1.93. The zero-order valence-corrected chi connectivity index (χ0v) is 10.5. The van der Waals surface area contributed by atoms with Crippen LogP contribution in [0.3, 0.4) is 0 Å². The molecule has 1 heterocycles. The fourth-order valence-corrected chi connectivity index (χ4v) is 1.95. The van der Waals surface area contributed by atoms with Gasteiger partial charge in [-0.3, -0.25) is 0 Å². The lowest BCUT2D eigenvalue weighted by Crippen LogP contribution is -1.99. The Morgan fingerprint density at radius 2 is 1.88 bits per heavy atom. The molecular weight excluding hydrogens is 245 g/mol. The van der Waals surface area contributed by atoms with Crippen LogP contribution < -0.4 is 5.32 Å². The third-order valence-electron chi connectivity index (χ3n) is 2.20. The molecule has 0 radical (unpaired) electrons. The van der Waals surface area contributed by atoms with Crippen LogP contribution in [0.4, 0.5) is 11.6 Å². The van der Waals surface area contributed by atoms with E-state index in [1.165, 1.54) is 0 Å². The highest BCUT2D eigenvalue weighted by atomic mass is 35.5. The Balaban J connectivity index is 2.37. The zero-order chi connectivity index (χ0) is 11.7. The molecule has 0 aliphatic rings. The van der Waals surface area contributed by atoms with Crippen molar-refractivity contribution in [1.29, 1.82) is 0 Å². The summed E-state index contributed by atoms with van der Waals surface area (Å²) in [6, 6.07) is 5.37. The van der Waals surface area contributed by atoms with Crippen LogP contribution in [0.2, 0.25) is 10.0 Å². The van der Waals surface area contributed by atoms with Gasteiger partial charge < -0.3 is 9.88 Å². The van der Waals surface area contributed by atoms with E-state index >= 15 is 0 Å². The Morgan fingerprint density at radius 1 is 1.25 bits per heavy atom. The smallest absolute Gasteiger partial charge is 0.207 e. The van der Waals surface area contributed by atoms with E-state index < -0.39 is 0 Å². The van der Waals surface area contributed by atoms with E-state index in [1.54, 1.807) is 18.2 Å². The average molecular weight is 256 g/mol. The van der Waals surface area contributed by atoms with E-state index in [0.29, 0.717) is 21.7 Å². The van der Waals surface area contributed by atoms with Gasteiger partial charge in [0.25, 0.3) is 0 Å². The second-order valence-corrected chi connectivity index (χ2v) is 4.35. The molecule has 0 aliphatic carbocycles. The number of para-hydroxylation sites is 1. The van der Waals surface area contributed by atoms with Crippen LogP contribution >= 0.6 is 23.2 Å². The molecule has 0 amide bonds. The van der Waals surface area contributed by atoms with Gasteiger partial charge in [0, 0.05) is 13.2 Å². The van der Waals surface area contributed by atoms with Crippen molar-refractivity contribution < 1.29 is 0 Å². The van der Waals surface area contributed by atoms with Gasteiger partial charge in [-0.1, -0.05) is 29.3 Å². The van der Waals surface area contributed by atoms with Gasteiger partial charge in [-0.25, -0.2) is 4.98 Å². The van der Waals surface area contributed by atoms with Gasteiger partial charge in [-0.15, -0.1) is 0 Å². The molecule has 5 heteroatoms. The van der Waals surface area contributed by atoms with Crippen molar-refractivity contribution in [1.82, 2.24) is 9.55 Å². The summed E-state index contributed by atoms with van der Waals surface area (Å²) >= 11 is 12.1. The Morgan fingerprint density at radius 3 is 2.38 bits per heavy atom. The largest absolute Gasteiger partial charge is 0.323 e. The number of nitrogens with one attached hydrogen (secondary N) is 1. The number of halogens is 2. The lowest BCUT2D eigenvalue weighted by molar-refractivity contribution is 0.924. The molecule has 1 aromatic carbocycles. The van der Waals surface area contributed by atoms with Crippen LogP contribution in [0.1, 0.15) is 5.69 Å². The maximum atomic E-state index is 6.05. The molecule has 0 spiro atoms. The molecule has 2 aromatic rings. The summed E-state index contributed by atoms with van der Waals surface area (Å²) in [5.74, 6) is 0.715. The van der Waals surface area contributed by atoms with Gasteiger partial charge in [0.05, 0.1) is 21.4 Å². The fourth-order valence-electron chi connectivity index (χ4n) is 1.46. The van der Waals surface area contributed by atoms with Crippen molar-refractivity contribution in [2.45, 2.75) is 6.92 Å². The summed E-state index contributed by atoms with van der Waals surface area (Å²) in [7, 11) is 1.91. The molecule has 1 aromatic heterocycles. The molecule has 0 saturated heterocycles. The van der Waals surface area contributed by atoms with Gasteiger partial charge in [0.1, 0.15) is 0 Å². The van der Waals surface area contributed by atoms with E-state index in [2.05, 4.69) is 10.3 Å². The number of nitrogens with zero attached hydrogens (tertiary/aromatic N) is 2. The number of hydrogen-bond acceptors (Lipinski definition) is 2. The molecule has 2 rings (SSSR count). The molecule has 84 valence electrons. The summed E-state index contributed by atoms with van der Waals surface area (Å²) in [4.78, 5) is 4.32. The minimum atomic E-state index is 0.577. The van der Waals surface area contributed by atoms with Gasteiger partial charge in [0.15, 0.2) is 0 Å². The maximum absolute atomic E-state index is 6.05. The van der Waals surface area contributed by atoms with Crippen LogP contribution in [0, 0.1) is 6.92 Å². The SMILES string of the molecule is Cc1cn(C)c(Nc2c(Cl)cccc2Cl)n1. The highest BCUT2D eigenvalue weighted by molar-refractivity contribution is 6.39. The molecule has 0 unspecified atom stereocenters. The summed E-state index contributed by atoms with van der Waals surface area (Å²) in [5, 5.41) is 4.27. The molecule has 0 fully saturated rings. The highest BCUT2D eigenvalue weighted by Crippen LogP contribution is 2.31. The molecular formula is C11H11Cl2N3. The van der Waals surface area contributed by atoms with Crippen molar-refractivity contribution in [2.24, 2.45) is 7.05 Å². The predicted molar refractivity (Wildman–Crippen MR) is 67.7 cm³/mol. The van der Waals surface area contributed by atoms with Crippen molar-refractivity contribution in [2.75, 3.05) is 5.32 Å². The van der Waals surface area contributed by atoms with Crippen LogP contribution in [0.5, 0.6) is 0 Å². The molecule has 0 aliphatic heterocycles. The number of imidazole rings is 1. The molecule has 0 bridgehead atoms. The topological polar surface area (TPSA) is 29.9 Å². The standard InChI is InChI=1S/C11H11Cl2N3/c1-7-6-16(2)11(14-7)15-10-8(12)4-3-5-9(10)13/h3-6H,1-2H3,(H,14,15). The summed E-state index contributed by atoms with van der Waals surface area (Å²) < 4.78 is 1.88. The quantitative estimate of drug-likeness (QED) is 0.886. The predicted octanol–water partition coefficient (Wildman–Crippen LogP) is 3.78. The lowest BCUT2D eigenvalue weighted by Gasteiger charge is -2.09. The first-order valence-electron chi connectivity index (χ1n) is 4.79. The maximum Gasteiger partial charge on any atom is 0.207 e. The number of aromatic nitrogens is 2. The molecule has 16 heavy (non-hydrogen) atoms. The zero-order valence-electron chi connectivity index (χ0n) is 8.96. The summed E-state index contributed by atoms with van der Waals surface area (Å²) in [6.07, 6.45) is 1.92. The molecule has 1 N–H and O–H groups in total. The Bertz CT molecular complexity index is 500. The molecule has 0 atom stereocenters. The average Bonchev–Trinajstić information content (AvgIpc) is 2.51. The number of aryl methyl sites for hydroxylation is 2. The monoisotopic (exact) mass is 255 g/mol. The van der Waals surface area contributed by atoms with Crippen LogP contribution in [-0.4, -0.2) is 9.55 Å².